The van der Waals surface area contributed by atoms with Crippen LogP contribution in [0.5, 0.6) is 0 Å². The molecule has 2 aliphatic rings. The first kappa shape index (κ1) is 13.6. The van der Waals surface area contributed by atoms with E-state index in [1.54, 1.807) is 0 Å². The molecule has 0 aromatic carbocycles. The molecular weight excluding hydrogens is 230 g/mol. The van der Waals surface area contributed by atoms with Crippen LogP contribution < -0.4 is 11.1 Å². The summed E-state index contributed by atoms with van der Waals surface area (Å²) in [5.41, 5.74) is 5.85. The third-order valence-corrected chi connectivity index (χ3v) is 4.41. The molecule has 1 aliphatic carbocycles. The number of nitrogens with zero attached hydrogens (tertiary/aromatic N) is 1. The van der Waals surface area contributed by atoms with Crippen molar-refractivity contribution in [2.75, 3.05) is 19.8 Å². The van der Waals surface area contributed by atoms with E-state index in [0.717, 1.165) is 38.5 Å². The van der Waals surface area contributed by atoms with E-state index in [-0.39, 0.29) is 5.41 Å². The second kappa shape index (κ2) is 5.89. The molecule has 5 heteroatoms. The second-order valence-corrected chi connectivity index (χ2v) is 5.89. The van der Waals surface area contributed by atoms with Gasteiger partial charge in [0.1, 0.15) is 5.84 Å². The van der Waals surface area contributed by atoms with Crippen LogP contribution in [0.25, 0.3) is 0 Å². The molecule has 1 atom stereocenters. The first-order valence-corrected chi connectivity index (χ1v) is 6.93. The van der Waals surface area contributed by atoms with E-state index >= 15 is 0 Å². The van der Waals surface area contributed by atoms with Gasteiger partial charge in [0.15, 0.2) is 0 Å². The Kier molecular flexibility index (Phi) is 4.45. The average Bonchev–Trinajstić information content (AvgIpc) is 3.17. The van der Waals surface area contributed by atoms with Gasteiger partial charge in [-0.3, -0.25) is 0 Å². The van der Waals surface area contributed by atoms with E-state index in [0.29, 0.717) is 18.3 Å². The van der Waals surface area contributed by atoms with Gasteiger partial charge in [0.05, 0.1) is 0 Å². The summed E-state index contributed by atoms with van der Waals surface area (Å²) in [5.74, 6) is 1.08. The quantitative estimate of drug-likeness (QED) is 0.289. The lowest BCUT2D eigenvalue weighted by atomic mass is 9.92. The van der Waals surface area contributed by atoms with E-state index in [4.69, 9.17) is 15.7 Å². The summed E-state index contributed by atoms with van der Waals surface area (Å²) in [4.78, 5) is 0. The Morgan fingerprint density at radius 3 is 2.72 bits per heavy atom. The van der Waals surface area contributed by atoms with Crippen molar-refractivity contribution in [1.29, 1.82) is 0 Å². The third kappa shape index (κ3) is 3.59. The Morgan fingerprint density at radius 1 is 1.50 bits per heavy atom. The number of oxime groups is 1. The van der Waals surface area contributed by atoms with Gasteiger partial charge < -0.3 is 21.0 Å². The highest BCUT2D eigenvalue weighted by Gasteiger charge is 2.43. The third-order valence-electron chi connectivity index (χ3n) is 4.41. The highest BCUT2D eigenvalue weighted by Crippen LogP contribution is 2.48. The molecule has 1 saturated carbocycles. The van der Waals surface area contributed by atoms with Crippen LogP contribution in [0.1, 0.15) is 39.0 Å². The molecule has 4 N–H and O–H groups in total. The Morgan fingerprint density at radius 2 is 2.17 bits per heavy atom. The number of rotatable bonds is 6. The Hall–Kier alpha value is -0.810. The van der Waals surface area contributed by atoms with Gasteiger partial charge in [0.25, 0.3) is 0 Å². The summed E-state index contributed by atoms with van der Waals surface area (Å²) in [5, 5.41) is 15.4. The maximum atomic E-state index is 8.64. The molecule has 1 unspecified atom stereocenters. The van der Waals surface area contributed by atoms with Gasteiger partial charge in [0.2, 0.25) is 0 Å². The van der Waals surface area contributed by atoms with Crippen molar-refractivity contribution in [2.45, 2.75) is 45.1 Å². The summed E-state index contributed by atoms with van der Waals surface area (Å²) in [6.07, 6.45) is 5.37. The molecule has 2 fully saturated rings. The van der Waals surface area contributed by atoms with Crippen molar-refractivity contribution in [2.24, 2.45) is 22.2 Å². The molecule has 18 heavy (non-hydrogen) atoms. The number of nitrogens with two attached hydrogens (primary N) is 1. The fourth-order valence-corrected chi connectivity index (χ4v) is 2.77. The molecule has 0 spiro atoms. The van der Waals surface area contributed by atoms with E-state index in [1.165, 1.54) is 12.8 Å². The SMILES string of the molecule is CC(NCC1(CC(N)=NO)CC1)C1CCOCC1. The van der Waals surface area contributed by atoms with Gasteiger partial charge in [-0.1, -0.05) is 5.16 Å². The average molecular weight is 255 g/mol. The van der Waals surface area contributed by atoms with Crippen molar-refractivity contribution in [1.82, 2.24) is 5.32 Å². The maximum absolute atomic E-state index is 8.64. The summed E-state index contributed by atoms with van der Waals surface area (Å²) in [7, 11) is 0. The van der Waals surface area contributed by atoms with E-state index in [1.807, 2.05) is 0 Å². The first-order chi connectivity index (χ1) is 8.65. The zero-order valence-electron chi connectivity index (χ0n) is 11.2. The normalized spacial score (nSPS) is 25.9. The molecule has 0 bridgehead atoms. The van der Waals surface area contributed by atoms with Crippen LogP contribution in [0.3, 0.4) is 0 Å². The standard InChI is InChI=1S/C13H25N3O2/c1-10(11-2-6-18-7-3-11)15-9-13(4-5-13)8-12(14)16-17/h10-11,15,17H,2-9H2,1H3,(H2,14,16). The Bertz CT molecular complexity index is 297. The molecule has 104 valence electrons. The molecule has 1 heterocycles. The van der Waals surface area contributed by atoms with E-state index < -0.39 is 0 Å². The number of hydrogen-bond acceptors (Lipinski definition) is 4. The molecule has 1 aliphatic heterocycles. The van der Waals surface area contributed by atoms with Crippen LogP contribution in [0.4, 0.5) is 0 Å². The minimum atomic E-state index is 0.246. The second-order valence-electron chi connectivity index (χ2n) is 5.89. The smallest absolute Gasteiger partial charge is 0.139 e. The predicted molar refractivity (Wildman–Crippen MR) is 70.7 cm³/mol. The number of amidine groups is 1. The van der Waals surface area contributed by atoms with Crippen LogP contribution in [0.15, 0.2) is 5.16 Å². The van der Waals surface area contributed by atoms with Crippen molar-refractivity contribution in [3.05, 3.63) is 0 Å². The summed E-state index contributed by atoms with van der Waals surface area (Å²) in [6, 6.07) is 0.527. The lowest BCUT2D eigenvalue weighted by molar-refractivity contribution is 0.0553. The largest absolute Gasteiger partial charge is 0.409 e. The predicted octanol–water partition coefficient (Wildman–Crippen LogP) is 1.31. The molecule has 5 nitrogen and oxygen atoms in total. The van der Waals surface area contributed by atoms with Gasteiger partial charge in [-0.15, -0.1) is 0 Å². The van der Waals surface area contributed by atoms with Crippen LogP contribution in [-0.2, 0) is 4.74 Å². The zero-order chi connectivity index (χ0) is 13.0. The van der Waals surface area contributed by atoms with Gasteiger partial charge in [-0.05, 0) is 43.9 Å². The van der Waals surface area contributed by atoms with E-state index in [2.05, 4.69) is 17.4 Å². The number of hydrogen-bond donors (Lipinski definition) is 3. The topological polar surface area (TPSA) is 79.9 Å². The maximum Gasteiger partial charge on any atom is 0.139 e. The lowest BCUT2D eigenvalue weighted by Crippen LogP contribution is -2.40. The first-order valence-electron chi connectivity index (χ1n) is 6.93. The van der Waals surface area contributed by atoms with Crippen LogP contribution >= 0.6 is 0 Å². The molecular formula is C13H25N3O2. The molecule has 1 saturated heterocycles. The van der Waals surface area contributed by atoms with Crippen LogP contribution in [0, 0.1) is 11.3 Å². The minimum Gasteiger partial charge on any atom is -0.409 e. The Balaban J connectivity index is 1.73. The van der Waals surface area contributed by atoms with Gasteiger partial charge in [-0.25, -0.2) is 0 Å². The molecule has 0 radical (unpaired) electrons. The monoisotopic (exact) mass is 255 g/mol. The molecule has 0 aromatic rings. The van der Waals surface area contributed by atoms with Crippen molar-refractivity contribution in [3.63, 3.8) is 0 Å². The summed E-state index contributed by atoms with van der Waals surface area (Å²) in [6.45, 7) is 5.02. The van der Waals surface area contributed by atoms with Gasteiger partial charge in [0, 0.05) is 32.2 Å². The fraction of sp³-hybridized carbons (Fsp3) is 0.923. The highest BCUT2D eigenvalue weighted by atomic mass is 16.5. The summed E-state index contributed by atoms with van der Waals surface area (Å²) < 4.78 is 5.39. The van der Waals surface area contributed by atoms with E-state index in [9.17, 15) is 0 Å². The zero-order valence-corrected chi connectivity index (χ0v) is 11.2. The molecule has 0 aromatic heterocycles. The number of nitrogens with one attached hydrogen (secondary N) is 1. The molecule has 2 rings (SSSR count). The Labute approximate surface area is 109 Å². The highest BCUT2D eigenvalue weighted by molar-refractivity contribution is 5.80. The lowest BCUT2D eigenvalue weighted by Gasteiger charge is -2.30. The van der Waals surface area contributed by atoms with Crippen molar-refractivity contribution < 1.29 is 9.94 Å². The number of ether oxygens (including phenoxy) is 1. The molecule has 0 amide bonds. The van der Waals surface area contributed by atoms with Crippen molar-refractivity contribution in [3.8, 4) is 0 Å². The fourth-order valence-electron chi connectivity index (χ4n) is 2.77. The van der Waals surface area contributed by atoms with Crippen LogP contribution in [-0.4, -0.2) is 36.8 Å². The minimum absolute atomic E-state index is 0.246. The van der Waals surface area contributed by atoms with Crippen LogP contribution in [0.2, 0.25) is 0 Å². The van der Waals surface area contributed by atoms with Gasteiger partial charge >= 0.3 is 0 Å². The van der Waals surface area contributed by atoms with Crippen molar-refractivity contribution >= 4 is 5.84 Å². The van der Waals surface area contributed by atoms with Gasteiger partial charge in [-0.2, -0.15) is 0 Å². The summed E-state index contributed by atoms with van der Waals surface area (Å²) >= 11 is 0.